The summed E-state index contributed by atoms with van der Waals surface area (Å²) in [5.74, 6) is 0.693. The van der Waals surface area contributed by atoms with Crippen molar-refractivity contribution in [2.75, 3.05) is 11.9 Å². The van der Waals surface area contributed by atoms with Crippen LogP contribution in [0.3, 0.4) is 0 Å². The van der Waals surface area contributed by atoms with E-state index in [1.807, 2.05) is 44.3 Å². The van der Waals surface area contributed by atoms with E-state index in [1.165, 1.54) is 0 Å². The number of rotatable bonds is 4. The van der Waals surface area contributed by atoms with Crippen molar-refractivity contribution >= 4 is 5.95 Å². The molecule has 0 aliphatic rings. The Labute approximate surface area is 101 Å². The minimum absolute atomic E-state index is 0.693. The van der Waals surface area contributed by atoms with Crippen LogP contribution in [0.1, 0.15) is 17.1 Å². The van der Waals surface area contributed by atoms with Gasteiger partial charge in [-0.15, -0.1) is 0 Å². The van der Waals surface area contributed by atoms with E-state index >= 15 is 0 Å². The molecule has 0 saturated carbocycles. The third-order valence-electron chi connectivity index (χ3n) is 2.37. The van der Waals surface area contributed by atoms with Crippen molar-refractivity contribution in [2.45, 2.75) is 20.3 Å². The molecule has 4 heteroatoms. The van der Waals surface area contributed by atoms with Gasteiger partial charge in [-0.2, -0.15) is 0 Å². The molecule has 2 aromatic rings. The third kappa shape index (κ3) is 3.52. The Morgan fingerprint density at radius 2 is 1.88 bits per heavy atom. The van der Waals surface area contributed by atoms with E-state index in [4.69, 9.17) is 0 Å². The van der Waals surface area contributed by atoms with Gasteiger partial charge in [0, 0.05) is 36.2 Å². The lowest BCUT2D eigenvalue weighted by Gasteiger charge is -2.06. The summed E-state index contributed by atoms with van der Waals surface area (Å²) in [4.78, 5) is 12.9. The van der Waals surface area contributed by atoms with Gasteiger partial charge in [0.25, 0.3) is 0 Å². The average Bonchev–Trinajstić information content (AvgIpc) is 2.29. The second kappa shape index (κ2) is 5.39. The molecule has 17 heavy (non-hydrogen) atoms. The van der Waals surface area contributed by atoms with Gasteiger partial charge in [-0.1, -0.05) is 6.07 Å². The monoisotopic (exact) mass is 228 g/mol. The normalized spacial score (nSPS) is 10.2. The topological polar surface area (TPSA) is 50.7 Å². The predicted molar refractivity (Wildman–Crippen MR) is 67.9 cm³/mol. The molecule has 0 aliphatic carbocycles. The fourth-order valence-electron chi connectivity index (χ4n) is 1.65. The number of nitrogens with zero attached hydrogens (tertiary/aromatic N) is 3. The number of nitrogens with one attached hydrogen (secondary N) is 1. The molecule has 0 atom stereocenters. The second-order valence-corrected chi connectivity index (χ2v) is 3.97. The molecule has 0 bridgehead atoms. The van der Waals surface area contributed by atoms with Gasteiger partial charge in [-0.3, -0.25) is 4.98 Å². The summed E-state index contributed by atoms with van der Waals surface area (Å²) >= 11 is 0. The molecule has 0 spiro atoms. The number of anilines is 1. The van der Waals surface area contributed by atoms with Crippen LogP contribution in [-0.2, 0) is 6.42 Å². The first kappa shape index (κ1) is 11.5. The molecular weight excluding hydrogens is 212 g/mol. The van der Waals surface area contributed by atoms with Gasteiger partial charge in [0.2, 0.25) is 5.95 Å². The van der Waals surface area contributed by atoms with Crippen molar-refractivity contribution in [3.8, 4) is 0 Å². The lowest BCUT2D eigenvalue weighted by molar-refractivity contribution is 0.930. The maximum absolute atomic E-state index is 4.32. The fraction of sp³-hybridized carbons (Fsp3) is 0.308. The highest BCUT2D eigenvalue weighted by atomic mass is 15.1. The van der Waals surface area contributed by atoms with E-state index in [0.717, 1.165) is 30.0 Å². The molecule has 0 saturated heterocycles. The summed E-state index contributed by atoms with van der Waals surface area (Å²) in [7, 11) is 0. The minimum Gasteiger partial charge on any atom is -0.354 e. The maximum Gasteiger partial charge on any atom is 0.223 e. The molecule has 2 heterocycles. The largest absolute Gasteiger partial charge is 0.354 e. The number of aromatic nitrogens is 3. The number of pyridine rings is 1. The van der Waals surface area contributed by atoms with Crippen LogP contribution in [0, 0.1) is 13.8 Å². The molecule has 0 aromatic carbocycles. The second-order valence-electron chi connectivity index (χ2n) is 3.97. The molecule has 4 nitrogen and oxygen atoms in total. The van der Waals surface area contributed by atoms with Gasteiger partial charge in [-0.25, -0.2) is 9.97 Å². The molecular formula is C13H16N4. The first-order valence-electron chi connectivity index (χ1n) is 5.70. The molecule has 2 aromatic heterocycles. The smallest absolute Gasteiger partial charge is 0.223 e. The zero-order valence-corrected chi connectivity index (χ0v) is 10.1. The molecule has 1 N–H and O–H groups in total. The van der Waals surface area contributed by atoms with Crippen LogP contribution >= 0.6 is 0 Å². The molecule has 2 rings (SSSR count). The Balaban J connectivity index is 1.90. The van der Waals surface area contributed by atoms with Crippen LogP contribution in [0.5, 0.6) is 0 Å². The first-order chi connectivity index (χ1) is 8.24. The Morgan fingerprint density at radius 1 is 1.12 bits per heavy atom. The standard InChI is InChI=1S/C13H16N4/c1-10-9-11(2)17-13(16-10)15-8-6-12-5-3-4-7-14-12/h3-5,7,9H,6,8H2,1-2H3,(H,15,16,17). The maximum atomic E-state index is 4.32. The number of aryl methyl sites for hydroxylation is 2. The van der Waals surface area contributed by atoms with Gasteiger partial charge >= 0.3 is 0 Å². The highest BCUT2D eigenvalue weighted by Gasteiger charge is 1.99. The van der Waals surface area contributed by atoms with Crippen molar-refractivity contribution in [2.24, 2.45) is 0 Å². The van der Waals surface area contributed by atoms with Crippen molar-refractivity contribution in [3.05, 3.63) is 47.5 Å². The number of hydrogen-bond acceptors (Lipinski definition) is 4. The summed E-state index contributed by atoms with van der Waals surface area (Å²) in [5.41, 5.74) is 3.04. The highest BCUT2D eigenvalue weighted by Crippen LogP contribution is 2.03. The summed E-state index contributed by atoms with van der Waals surface area (Å²) < 4.78 is 0. The zero-order valence-electron chi connectivity index (χ0n) is 10.1. The van der Waals surface area contributed by atoms with E-state index in [9.17, 15) is 0 Å². The van der Waals surface area contributed by atoms with Crippen molar-refractivity contribution in [3.63, 3.8) is 0 Å². The van der Waals surface area contributed by atoms with Crippen LogP contribution in [0.4, 0.5) is 5.95 Å². The SMILES string of the molecule is Cc1cc(C)nc(NCCc2ccccn2)n1. The predicted octanol–water partition coefficient (Wildman–Crippen LogP) is 2.14. The van der Waals surface area contributed by atoms with E-state index < -0.39 is 0 Å². The lowest BCUT2D eigenvalue weighted by atomic mass is 10.3. The summed E-state index contributed by atoms with van der Waals surface area (Å²) in [6, 6.07) is 7.90. The van der Waals surface area contributed by atoms with Gasteiger partial charge < -0.3 is 5.32 Å². The van der Waals surface area contributed by atoms with Gasteiger partial charge in [0.15, 0.2) is 0 Å². The summed E-state index contributed by atoms with van der Waals surface area (Å²) in [6.07, 6.45) is 2.68. The first-order valence-corrected chi connectivity index (χ1v) is 5.70. The van der Waals surface area contributed by atoms with E-state index in [0.29, 0.717) is 5.95 Å². The van der Waals surface area contributed by atoms with Crippen LogP contribution in [0.15, 0.2) is 30.5 Å². The van der Waals surface area contributed by atoms with E-state index in [-0.39, 0.29) is 0 Å². The Kier molecular flexibility index (Phi) is 3.65. The van der Waals surface area contributed by atoms with Crippen LogP contribution < -0.4 is 5.32 Å². The molecule has 0 fully saturated rings. The van der Waals surface area contributed by atoms with Gasteiger partial charge in [-0.05, 0) is 32.0 Å². The number of hydrogen-bond donors (Lipinski definition) is 1. The van der Waals surface area contributed by atoms with Crippen LogP contribution in [0.2, 0.25) is 0 Å². The zero-order chi connectivity index (χ0) is 12.1. The quantitative estimate of drug-likeness (QED) is 0.871. The molecule has 0 amide bonds. The molecule has 0 aliphatic heterocycles. The van der Waals surface area contributed by atoms with Crippen molar-refractivity contribution in [1.82, 2.24) is 15.0 Å². The van der Waals surface area contributed by atoms with Crippen LogP contribution in [-0.4, -0.2) is 21.5 Å². The van der Waals surface area contributed by atoms with Gasteiger partial charge in [0.1, 0.15) is 0 Å². The summed E-state index contributed by atoms with van der Waals surface area (Å²) in [6.45, 7) is 4.73. The molecule has 88 valence electrons. The molecule has 0 unspecified atom stereocenters. The van der Waals surface area contributed by atoms with Crippen molar-refractivity contribution in [1.29, 1.82) is 0 Å². The Bertz CT molecular complexity index is 462. The van der Waals surface area contributed by atoms with Gasteiger partial charge in [0.05, 0.1) is 0 Å². The average molecular weight is 228 g/mol. The minimum atomic E-state index is 0.693. The van der Waals surface area contributed by atoms with E-state index in [2.05, 4.69) is 20.3 Å². The van der Waals surface area contributed by atoms with E-state index in [1.54, 1.807) is 0 Å². The highest BCUT2D eigenvalue weighted by molar-refractivity contribution is 5.27. The Morgan fingerprint density at radius 3 is 2.53 bits per heavy atom. The van der Waals surface area contributed by atoms with Crippen molar-refractivity contribution < 1.29 is 0 Å². The lowest BCUT2D eigenvalue weighted by Crippen LogP contribution is -2.09. The fourth-order valence-corrected chi connectivity index (χ4v) is 1.65. The summed E-state index contributed by atoms with van der Waals surface area (Å²) in [5, 5.41) is 3.21. The Hall–Kier alpha value is -1.97. The molecule has 0 radical (unpaired) electrons. The third-order valence-corrected chi connectivity index (χ3v) is 2.37. The van der Waals surface area contributed by atoms with Crippen LogP contribution in [0.25, 0.3) is 0 Å².